The zero-order valence-corrected chi connectivity index (χ0v) is 14.0. The number of unbranched alkanes of at least 4 members (excludes halogenated alkanes) is 1. The van der Waals surface area contributed by atoms with Gasteiger partial charge in [0.05, 0.1) is 0 Å². The summed E-state index contributed by atoms with van der Waals surface area (Å²) in [7, 11) is 2.23. The van der Waals surface area contributed by atoms with Crippen molar-refractivity contribution in [3.63, 3.8) is 0 Å². The molecule has 0 fully saturated rings. The second-order valence-electron chi connectivity index (χ2n) is 5.97. The molecule has 1 N–H and O–H groups in total. The standard InChI is InChI=1S/C18H32N2/c1-6-8-12-20(5)14-18(19-11-7-2)17-10-9-15(3)16(4)13-17/h9-10,13,18-19H,6-8,11-12,14H2,1-5H3. The van der Waals surface area contributed by atoms with Crippen LogP contribution in [-0.4, -0.2) is 31.6 Å². The van der Waals surface area contributed by atoms with Gasteiger partial charge in [0, 0.05) is 12.6 Å². The van der Waals surface area contributed by atoms with Crippen molar-refractivity contribution in [2.75, 3.05) is 26.7 Å². The quantitative estimate of drug-likeness (QED) is 0.731. The molecule has 0 amide bonds. The number of hydrogen-bond acceptors (Lipinski definition) is 2. The molecule has 0 saturated heterocycles. The van der Waals surface area contributed by atoms with Crippen molar-refractivity contribution < 1.29 is 0 Å². The van der Waals surface area contributed by atoms with Crippen LogP contribution in [0.25, 0.3) is 0 Å². The second-order valence-corrected chi connectivity index (χ2v) is 5.97. The molecule has 1 rings (SSSR count). The van der Waals surface area contributed by atoms with Gasteiger partial charge >= 0.3 is 0 Å². The zero-order chi connectivity index (χ0) is 15.0. The Morgan fingerprint density at radius 1 is 1.10 bits per heavy atom. The molecule has 1 aromatic carbocycles. The van der Waals surface area contributed by atoms with E-state index >= 15 is 0 Å². The highest BCUT2D eigenvalue weighted by Gasteiger charge is 2.13. The van der Waals surface area contributed by atoms with Gasteiger partial charge in [-0.25, -0.2) is 0 Å². The van der Waals surface area contributed by atoms with E-state index in [0.717, 1.165) is 13.1 Å². The molecule has 114 valence electrons. The van der Waals surface area contributed by atoms with Gasteiger partial charge in [0.1, 0.15) is 0 Å². The number of nitrogens with one attached hydrogen (secondary N) is 1. The van der Waals surface area contributed by atoms with Crippen LogP contribution in [0, 0.1) is 13.8 Å². The first kappa shape index (κ1) is 17.2. The third kappa shape index (κ3) is 5.64. The molecule has 0 aliphatic heterocycles. The molecule has 0 aliphatic carbocycles. The predicted octanol–water partition coefficient (Wildman–Crippen LogP) is 4.08. The molecule has 0 saturated carbocycles. The lowest BCUT2D eigenvalue weighted by Crippen LogP contribution is -2.34. The summed E-state index contributed by atoms with van der Waals surface area (Å²) in [6.07, 6.45) is 3.73. The largest absolute Gasteiger partial charge is 0.309 e. The van der Waals surface area contributed by atoms with Gasteiger partial charge in [0.15, 0.2) is 0 Å². The highest BCUT2D eigenvalue weighted by atomic mass is 15.1. The van der Waals surface area contributed by atoms with E-state index < -0.39 is 0 Å². The summed E-state index contributed by atoms with van der Waals surface area (Å²) in [5.41, 5.74) is 4.19. The van der Waals surface area contributed by atoms with Gasteiger partial charge in [-0.05, 0) is 63.5 Å². The van der Waals surface area contributed by atoms with Crippen molar-refractivity contribution in [2.24, 2.45) is 0 Å². The Kier molecular flexibility index (Phi) is 7.86. The van der Waals surface area contributed by atoms with E-state index in [1.165, 1.54) is 42.5 Å². The number of hydrogen-bond donors (Lipinski definition) is 1. The van der Waals surface area contributed by atoms with Crippen molar-refractivity contribution in [3.05, 3.63) is 34.9 Å². The molecule has 1 aromatic rings. The maximum absolute atomic E-state index is 3.70. The zero-order valence-electron chi connectivity index (χ0n) is 14.0. The van der Waals surface area contributed by atoms with Crippen LogP contribution < -0.4 is 5.32 Å². The molecule has 20 heavy (non-hydrogen) atoms. The Labute approximate surface area is 125 Å². The first-order valence-corrected chi connectivity index (χ1v) is 8.07. The van der Waals surface area contributed by atoms with Gasteiger partial charge in [-0.15, -0.1) is 0 Å². The Balaban J connectivity index is 2.74. The third-order valence-corrected chi connectivity index (χ3v) is 3.96. The molecule has 0 heterocycles. The average Bonchev–Trinajstić information content (AvgIpc) is 2.44. The molecule has 2 heteroatoms. The molecule has 0 spiro atoms. The first-order valence-electron chi connectivity index (χ1n) is 8.07. The number of likely N-dealkylation sites (N-methyl/N-ethyl adjacent to an activating group) is 1. The summed E-state index contributed by atoms with van der Waals surface area (Å²) in [4.78, 5) is 2.45. The number of nitrogens with zero attached hydrogens (tertiary/aromatic N) is 1. The van der Waals surface area contributed by atoms with Gasteiger partial charge in [0.2, 0.25) is 0 Å². The van der Waals surface area contributed by atoms with E-state index in [1.807, 2.05) is 0 Å². The fraction of sp³-hybridized carbons (Fsp3) is 0.667. The summed E-state index contributed by atoms with van der Waals surface area (Å²) >= 11 is 0. The van der Waals surface area contributed by atoms with E-state index in [1.54, 1.807) is 0 Å². The normalized spacial score (nSPS) is 12.9. The lowest BCUT2D eigenvalue weighted by molar-refractivity contribution is 0.286. The van der Waals surface area contributed by atoms with Crippen molar-refractivity contribution in [1.82, 2.24) is 10.2 Å². The molecule has 2 nitrogen and oxygen atoms in total. The molecule has 0 bridgehead atoms. The number of benzene rings is 1. The van der Waals surface area contributed by atoms with Gasteiger partial charge in [-0.1, -0.05) is 38.5 Å². The molecule has 1 unspecified atom stereocenters. The summed E-state index contributed by atoms with van der Waals surface area (Å²) < 4.78 is 0. The fourth-order valence-electron chi connectivity index (χ4n) is 2.42. The predicted molar refractivity (Wildman–Crippen MR) is 89.4 cm³/mol. The van der Waals surface area contributed by atoms with Crippen LogP contribution in [0.5, 0.6) is 0 Å². The minimum absolute atomic E-state index is 0.441. The highest BCUT2D eigenvalue weighted by molar-refractivity contribution is 5.31. The van der Waals surface area contributed by atoms with E-state index in [0.29, 0.717) is 6.04 Å². The Morgan fingerprint density at radius 2 is 1.85 bits per heavy atom. The highest BCUT2D eigenvalue weighted by Crippen LogP contribution is 2.18. The van der Waals surface area contributed by atoms with Crippen LogP contribution in [0.2, 0.25) is 0 Å². The Morgan fingerprint density at radius 3 is 2.45 bits per heavy atom. The second kappa shape index (κ2) is 9.15. The van der Waals surface area contributed by atoms with Crippen LogP contribution in [0.15, 0.2) is 18.2 Å². The Hall–Kier alpha value is -0.860. The van der Waals surface area contributed by atoms with Gasteiger partial charge in [0.25, 0.3) is 0 Å². The molecular formula is C18H32N2. The molecular weight excluding hydrogens is 244 g/mol. The summed E-state index contributed by atoms with van der Waals surface area (Å²) in [6.45, 7) is 12.2. The lowest BCUT2D eigenvalue weighted by Gasteiger charge is -2.26. The molecule has 1 atom stereocenters. The SMILES string of the molecule is CCCCN(C)CC(NCCC)c1ccc(C)c(C)c1. The lowest BCUT2D eigenvalue weighted by atomic mass is 10.0. The van der Waals surface area contributed by atoms with Crippen molar-refractivity contribution >= 4 is 0 Å². The van der Waals surface area contributed by atoms with Gasteiger partial charge < -0.3 is 10.2 Å². The minimum atomic E-state index is 0.441. The van der Waals surface area contributed by atoms with E-state index in [2.05, 4.69) is 63.2 Å². The van der Waals surface area contributed by atoms with Gasteiger partial charge in [-0.2, -0.15) is 0 Å². The molecule has 0 aromatic heterocycles. The van der Waals surface area contributed by atoms with Crippen LogP contribution >= 0.6 is 0 Å². The van der Waals surface area contributed by atoms with Crippen LogP contribution in [0.1, 0.15) is 55.8 Å². The van der Waals surface area contributed by atoms with E-state index in [9.17, 15) is 0 Å². The summed E-state index contributed by atoms with van der Waals surface area (Å²) in [5, 5.41) is 3.70. The number of rotatable bonds is 9. The molecule has 0 aliphatic rings. The third-order valence-electron chi connectivity index (χ3n) is 3.96. The first-order chi connectivity index (χ1) is 9.58. The average molecular weight is 276 g/mol. The van der Waals surface area contributed by atoms with Gasteiger partial charge in [-0.3, -0.25) is 0 Å². The topological polar surface area (TPSA) is 15.3 Å². The van der Waals surface area contributed by atoms with E-state index in [4.69, 9.17) is 0 Å². The number of aryl methyl sites for hydroxylation is 2. The maximum atomic E-state index is 3.70. The Bertz CT molecular complexity index is 387. The summed E-state index contributed by atoms with van der Waals surface area (Å²) in [6, 6.07) is 7.31. The van der Waals surface area contributed by atoms with Crippen molar-refractivity contribution in [2.45, 2.75) is 53.0 Å². The molecule has 0 radical (unpaired) electrons. The van der Waals surface area contributed by atoms with Crippen molar-refractivity contribution in [1.29, 1.82) is 0 Å². The summed E-state index contributed by atoms with van der Waals surface area (Å²) in [5.74, 6) is 0. The fourth-order valence-corrected chi connectivity index (χ4v) is 2.42. The van der Waals surface area contributed by atoms with Crippen LogP contribution in [0.4, 0.5) is 0 Å². The van der Waals surface area contributed by atoms with Crippen LogP contribution in [0.3, 0.4) is 0 Å². The van der Waals surface area contributed by atoms with E-state index in [-0.39, 0.29) is 0 Å². The van der Waals surface area contributed by atoms with Crippen molar-refractivity contribution in [3.8, 4) is 0 Å². The monoisotopic (exact) mass is 276 g/mol. The van der Waals surface area contributed by atoms with Crippen LogP contribution in [-0.2, 0) is 0 Å². The minimum Gasteiger partial charge on any atom is -0.309 e. The smallest absolute Gasteiger partial charge is 0.0449 e. The maximum Gasteiger partial charge on any atom is 0.0449 e.